The number of rotatable bonds is 17. The fraction of sp³-hybridized carbons (Fsp3) is 0.652. The van der Waals surface area contributed by atoms with Gasteiger partial charge >= 0.3 is 5.97 Å². The Hall–Kier alpha value is -2.64. The standard InChI is InChI=1S/C23H37N3O5/c1-3-25(4-2)21-16-15-19(26(30)31)18-20(21)23(29)24-17-13-11-9-7-5-6-8-10-12-14-22(27)28/h15-16,18H,3-14,17H2,1-2H3,(H,24,29)(H,27,28). The molecule has 0 aromatic heterocycles. The summed E-state index contributed by atoms with van der Waals surface area (Å²) in [6.45, 7) is 5.96. The lowest BCUT2D eigenvalue weighted by atomic mass is 10.1. The maximum Gasteiger partial charge on any atom is 0.303 e. The number of unbranched alkanes of at least 4 members (excludes halogenated alkanes) is 8. The number of nitrogens with zero attached hydrogens (tertiary/aromatic N) is 2. The number of carboxylic acids is 1. The smallest absolute Gasteiger partial charge is 0.303 e. The van der Waals surface area contributed by atoms with E-state index in [-0.39, 0.29) is 18.0 Å². The van der Waals surface area contributed by atoms with Gasteiger partial charge in [0.2, 0.25) is 0 Å². The molecule has 0 saturated heterocycles. The van der Waals surface area contributed by atoms with Gasteiger partial charge in [-0.2, -0.15) is 0 Å². The van der Waals surface area contributed by atoms with Crippen LogP contribution in [0.5, 0.6) is 0 Å². The summed E-state index contributed by atoms with van der Waals surface area (Å²) in [4.78, 5) is 35.8. The van der Waals surface area contributed by atoms with Gasteiger partial charge in [0.1, 0.15) is 0 Å². The molecule has 0 unspecified atom stereocenters. The molecular formula is C23H37N3O5. The first kappa shape index (κ1) is 26.4. The monoisotopic (exact) mass is 435 g/mol. The van der Waals surface area contributed by atoms with E-state index in [1.54, 1.807) is 6.07 Å². The van der Waals surface area contributed by atoms with Crippen molar-refractivity contribution in [1.29, 1.82) is 0 Å². The molecule has 0 atom stereocenters. The van der Waals surface area contributed by atoms with E-state index in [4.69, 9.17) is 5.11 Å². The van der Waals surface area contributed by atoms with Crippen molar-refractivity contribution in [3.63, 3.8) is 0 Å². The van der Waals surface area contributed by atoms with Gasteiger partial charge in [-0.1, -0.05) is 44.9 Å². The van der Waals surface area contributed by atoms with Gasteiger partial charge in [-0.25, -0.2) is 0 Å². The highest BCUT2D eigenvalue weighted by atomic mass is 16.6. The summed E-state index contributed by atoms with van der Waals surface area (Å²) in [5, 5.41) is 22.6. The number of hydrogen-bond acceptors (Lipinski definition) is 5. The van der Waals surface area contributed by atoms with E-state index < -0.39 is 10.9 Å². The molecule has 8 nitrogen and oxygen atoms in total. The van der Waals surface area contributed by atoms with Crippen molar-refractivity contribution in [3.05, 3.63) is 33.9 Å². The third kappa shape index (κ3) is 10.3. The SMILES string of the molecule is CCN(CC)c1ccc([N+](=O)[O-])cc1C(=O)NCCCCCCCCCCCC(=O)O. The normalized spacial score (nSPS) is 10.6. The molecule has 2 N–H and O–H groups in total. The van der Waals surface area contributed by atoms with Gasteiger partial charge in [-0.05, 0) is 32.8 Å². The average Bonchev–Trinajstić information content (AvgIpc) is 2.75. The molecule has 174 valence electrons. The van der Waals surface area contributed by atoms with Gasteiger partial charge in [0.05, 0.1) is 10.5 Å². The van der Waals surface area contributed by atoms with Gasteiger partial charge in [0, 0.05) is 43.9 Å². The summed E-state index contributed by atoms with van der Waals surface area (Å²) < 4.78 is 0. The van der Waals surface area contributed by atoms with Crippen molar-refractivity contribution in [2.75, 3.05) is 24.5 Å². The maximum absolute atomic E-state index is 12.7. The maximum atomic E-state index is 12.7. The second-order valence-corrected chi connectivity index (χ2v) is 7.71. The number of nitro benzene ring substituents is 1. The summed E-state index contributed by atoms with van der Waals surface area (Å²) in [7, 11) is 0. The first-order chi connectivity index (χ1) is 14.9. The lowest BCUT2D eigenvalue weighted by Gasteiger charge is -2.23. The molecule has 1 aromatic carbocycles. The van der Waals surface area contributed by atoms with E-state index in [0.29, 0.717) is 25.2 Å². The number of non-ortho nitro benzene ring substituents is 1. The number of nitro groups is 1. The quantitative estimate of drug-likeness (QED) is 0.199. The van der Waals surface area contributed by atoms with Crippen LogP contribution in [0.15, 0.2) is 18.2 Å². The van der Waals surface area contributed by atoms with Gasteiger partial charge in [-0.15, -0.1) is 0 Å². The lowest BCUT2D eigenvalue weighted by Crippen LogP contribution is -2.29. The van der Waals surface area contributed by atoms with Crippen molar-refractivity contribution in [2.24, 2.45) is 0 Å². The fourth-order valence-electron chi connectivity index (χ4n) is 3.60. The molecule has 0 aliphatic rings. The van der Waals surface area contributed by atoms with Crippen LogP contribution < -0.4 is 10.2 Å². The molecule has 0 aliphatic heterocycles. The van der Waals surface area contributed by atoms with Gasteiger partial charge < -0.3 is 15.3 Å². The third-order valence-electron chi connectivity index (χ3n) is 5.39. The Morgan fingerprint density at radius 2 is 1.52 bits per heavy atom. The van der Waals surface area contributed by atoms with Gasteiger partial charge in [0.25, 0.3) is 11.6 Å². The molecule has 0 saturated carbocycles. The minimum Gasteiger partial charge on any atom is -0.481 e. The summed E-state index contributed by atoms with van der Waals surface area (Å²) in [5.41, 5.74) is 0.987. The van der Waals surface area contributed by atoms with Crippen LogP contribution in [0.3, 0.4) is 0 Å². The molecule has 0 radical (unpaired) electrons. The first-order valence-electron chi connectivity index (χ1n) is 11.4. The molecule has 0 fully saturated rings. The number of carbonyl (C=O) groups is 2. The van der Waals surface area contributed by atoms with Crippen LogP contribution in [-0.4, -0.2) is 41.5 Å². The van der Waals surface area contributed by atoms with E-state index in [1.807, 2.05) is 18.7 Å². The molecular weight excluding hydrogens is 398 g/mol. The molecule has 8 heteroatoms. The summed E-state index contributed by atoms with van der Waals surface area (Å²) in [6.07, 6.45) is 9.52. The molecule has 0 heterocycles. The molecule has 31 heavy (non-hydrogen) atoms. The number of anilines is 1. The highest BCUT2D eigenvalue weighted by Crippen LogP contribution is 2.25. The number of carbonyl (C=O) groups excluding carboxylic acids is 1. The fourth-order valence-corrected chi connectivity index (χ4v) is 3.60. The highest BCUT2D eigenvalue weighted by Gasteiger charge is 2.19. The molecule has 0 bridgehead atoms. The summed E-state index contributed by atoms with van der Waals surface area (Å²) in [5.74, 6) is -0.992. The highest BCUT2D eigenvalue weighted by molar-refractivity contribution is 6.00. The van der Waals surface area contributed by atoms with Crippen LogP contribution in [0.2, 0.25) is 0 Å². The van der Waals surface area contributed by atoms with Crippen molar-refractivity contribution in [3.8, 4) is 0 Å². The van der Waals surface area contributed by atoms with Crippen molar-refractivity contribution >= 4 is 23.3 Å². The molecule has 1 aromatic rings. The molecule has 1 rings (SSSR count). The third-order valence-corrected chi connectivity index (χ3v) is 5.39. The van der Waals surface area contributed by atoms with Crippen LogP contribution in [-0.2, 0) is 4.79 Å². The summed E-state index contributed by atoms with van der Waals surface area (Å²) in [6, 6.07) is 4.46. The Kier molecular flexibility index (Phi) is 12.9. The van der Waals surface area contributed by atoms with Crippen LogP contribution in [0.4, 0.5) is 11.4 Å². The zero-order chi connectivity index (χ0) is 23.1. The Bertz CT molecular complexity index is 704. The van der Waals surface area contributed by atoms with Gasteiger partial charge in [0.15, 0.2) is 0 Å². The van der Waals surface area contributed by atoms with E-state index in [9.17, 15) is 19.7 Å². The van der Waals surface area contributed by atoms with Crippen molar-refractivity contribution in [1.82, 2.24) is 5.32 Å². The first-order valence-corrected chi connectivity index (χ1v) is 11.4. The van der Waals surface area contributed by atoms with Gasteiger partial charge in [-0.3, -0.25) is 19.7 Å². The van der Waals surface area contributed by atoms with E-state index >= 15 is 0 Å². The minimum absolute atomic E-state index is 0.0796. The molecule has 0 spiro atoms. The number of nitrogens with one attached hydrogen (secondary N) is 1. The van der Waals surface area contributed by atoms with Crippen LogP contribution >= 0.6 is 0 Å². The van der Waals surface area contributed by atoms with Crippen molar-refractivity contribution < 1.29 is 19.6 Å². The number of aliphatic carboxylic acids is 1. The van der Waals surface area contributed by atoms with E-state index in [1.165, 1.54) is 12.1 Å². The minimum atomic E-state index is -0.721. The Balaban J connectivity index is 2.34. The van der Waals surface area contributed by atoms with Crippen LogP contribution in [0.25, 0.3) is 0 Å². The van der Waals surface area contributed by atoms with Crippen LogP contribution in [0.1, 0.15) is 88.4 Å². The second-order valence-electron chi connectivity index (χ2n) is 7.71. The number of amides is 1. The van der Waals surface area contributed by atoms with Crippen molar-refractivity contribution in [2.45, 2.75) is 78.1 Å². The zero-order valence-corrected chi connectivity index (χ0v) is 18.9. The Morgan fingerprint density at radius 3 is 2.03 bits per heavy atom. The number of carboxylic acid groups (broad SMARTS) is 1. The Morgan fingerprint density at radius 1 is 0.968 bits per heavy atom. The second kappa shape index (κ2) is 15.2. The number of hydrogen-bond donors (Lipinski definition) is 2. The van der Waals surface area contributed by atoms with Crippen LogP contribution in [0, 0.1) is 10.1 Å². The topological polar surface area (TPSA) is 113 Å². The largest absolute Gasteiger partial charge is 0.481 e. The molecule has 0 aliphatic carbocycles. The predicted octanol–water partition coefficient (Wildman–Crippen LogP) is 5.16. The summed E-state index contributed by atoms with van der Waals surface area (Å²) >= 11 is 0. The van der Waals surface area contributed by atoms with E-state index in [2.05, 4.69) is 5.32 Å². The van der Waals surface area contributed by atoms with E-state index in [0.717, 1.165) is 63.5 Å². The lowest BCUT2D eigenvalue weighted by molar-refractivity contribution is -0.384. The Labute approximate surface area is 185 Å². The average molecular weight is 436 g/mol. The zero-order valence-electron chi connectivity index (χ0n) is 18.9. The molecule has 1 amide bonds. The predicted molar refractivity (Wildman–Crippen MR) is 123 cm³/mol. The number of benzene rings is 1.